The predicted molar refractivity (Wildman–Crippen MR) is 104 cm³/mol. The molecule has 0 unspecified atom stereocenters. The van der Waals surface area contributed by atoms with Crippen molar-refractivity contribution in [2.24, 2.45) is 5.92 Å². The van der Waals surface area contributed by atoms with Gasteiger partial charge in [-0.15, -0.1) is 0 Å². The molecule has 4 amide bonds. The molecule has 0 bridgehead atoms. The molecule has 0 atom stereocenters. The zero-order valence-electron chi connectivity index (χ0n) is 16.9. The van der Waals surface area contributed by atoms with Crippen molar-refractivity contribution in [3.05, 3.63) is 29.8 Å². The third-order valence-corrected chi connectivity index (χ3v) is 4.18. The van der Waals surface area contributed by atoms with Gasteiger partial charge >= 0.3 is 12.0 Å². The van der Waals surface area contributed by atoms with Crippen molar-refractivity contribution < 1.29 is 28.7 Å². The van der Waals surface area contributed by atoms with E-state index in [9.17, 15) is 24.0 Å². The van der Waals surface area contributed by atoms with Crippen molar-refractivity contribution in [2.75, 3.05) is 18.5 Å². The van der Waals surface area contributed by atoms with Crippen LogP contribution in [0.3, 0.4) is 0 Å². The van der Waals surface area contributed by atoms with Gasteiger partial charge in [0.15, 0.2) is 12.4 Å². The standard InChI is InChI=1S/C20H25N3O6/c1-12(2)9-16(25)21-14-7-5-13(6-8-14)15(24)11-29-17(26)10-23-18(27)20(3,4)22-19(23)28/h5-8,12H,9-11H2,1-4H3,(H,21,25)(H,22,28). The van der Waals surface area contributed by atoms with E-state index < -0.39 is 42.4 Å². The lowest BCUT2D eigenvalue weighted by Crippen LogP contribution is -2.41. The molecule has 0 radical (unpaired) electrons. The number of esters is 1. The Hall–Kier alpha value is -3.23. The highest BCUT2D eigenvalue weighted by atomic mass is 16.5. The first-order chi connectivity index (χ1) is 13.5. The van der Waals surface area contributed by atoms with E-state index in [0.717, 1.165) is 4.90 Å². The summed E-state index contributed by atoms with van der Waals surface area (Å²) in [6, 6.07) is 5.52. The van der Waals surface area contributed by atoms with Gasteiger partial charge in [0.2, 0.25) is 5.91 Å². The molecule has 0 spiro atoms. The van der Waals surface area contributed by atoms with Crippen LogP contribution in [0.2, 0.25) is 0 Å². The van der Waals surface area contributed by atoms with E-state index in [1.165, 1.54) is 26.0 Å². The maximum atomic E-state index is 12.2. The van der Waals surface area contributed by atoms with Crippen LogP contribution in [0.25, 0.3) is 0 Å². The lowest BCUT2D eigenvalue weighted by atomic mass is 10.1. The van der Waals surface area contributed by atoms with E-state index in [4.69, 9.17) is 4.74 Å². The van der Waals surface area contributed by atoms with Gasteiger partial charge in [0, 0.05) is 17.7 Å². The van der Waals surface area contributed by atoms with Crippen LogP contribution < -0.4 is 10.6 Å². The highest BCUT2D eigenvalue weighted by Crippen LogP contribution is 2.16. The quantitative estimate of drug-likeness (QED) is 0.387. The minimum absolute atomic E-state index is 0.114. The van der Waals surface area contributed by atoms with Crippen molar-refractivity contribution >= 4 is 35.3 Å². The highest BCUT2D eigenvalue weighted by molar-refractivity contribution is 6.08. The largest absolute Gasteiger partial charge is 0.456 e. The Morgan fingerprint density at radius 3 is 2.28 bits per heavy atom. The summed E-state index contributed by atoms with van der Waals surface area (Å²) in [7, 11) is 0. The molecule has 0 aromatic heterocycles. The summed E-state index contributed by atoms with van der Waals surface area (Å²) in [5, 5.41) is 5.18. The Labute approximate surface area is 168 Å². The van der Waals surface area contributed by atoms with Gasteiger partial charge in [0.1, 0.15) is 12.1 Å². The minimum atomic E-state index is -1.08. The molecule has 1 aromatic carbocycles. The number of anilines is 1. The number of Topliss-reactive ketones (excluding diaryl/α,β-unsaturated/α-hetero) is 1. The Balaban J connectivity index is 1.84. The molecule has 1 saturated heterocycles. The fourth-order valence-electron chi connectivity index (χ4n) is 2.69. The van der Waals surface area contributed by atoms with E-state index in [2.05, 4.69) is 10.6 Å². The number of carbonyl (C=O) groups is 5. The molecule has 156 valence electrons. The average molecular weight is 403 g/mol. The second kappa shape index (κ2) is 8.85. The van der Waals surface area contributed by atoms with E-state index in [1.807, 2.05) is 13.8 Å². The number of hydrogen-bond acceptors (Lipinski definition) is 6. The van der Waals surface area contributed by atoms with Gasteiger partial charge in [-0.05, 0) is 44.0 Å². The van der Waals surface area contributed by atoms with Crippen molar-refractivity contribution in [3.63, 3.8) is 0 Å². The molecular weight excluding hydrogens is 378 g/mol. The number of ether oxygens (including phenoxy) is 1. The van der Waals surface area contributed by atoms with Gasteiger partial charge in [-0.1, -0.05) is 13.8 Å². The fraction of sp³-hybridized carbons (Fsp3) is 0.450. The highest BCUT2D eigenvalue weighted by Gasteiger charge is 2.45. The molecule has 1 aliphatic rings. The van der Waals surface area contributed by atoms with E-state index in [0.29, 0.717) is 17.7 Å². The molecule has 2 rings (SSSR count). The summed E-state index contributed by atoms with van der Waals surface area (Å²) < 4.78 is 4.89. The van der Waals surface area contributed by atoms with Crippen LogP contribution in [-0.2, 0) is 19.1 Å². The number of nitrogens with one attached hydrogen (secondary N) is 2. The maximum Gasteiger partial charge on any atom is 0.326 e. The van der Waals surface area contributed by atoms with Crippen molar-refractivity contribution in [3.8, 4) is 0 Å². The minimum Gasteiger partial charge on any atom is -0.456 e. The van der Waals surface area contributed by atoms with Crippen molar-refractivity contribution in [2.45, 2.75) is 39.7 Å². The van der Waals surface area contributed by atoms with E-state index >= 15 is 0 Å². The first-order valence-corrected chi connectivity index (χ1v) is 9.22. The van der Waals surface area contributed by atoms with Crippen LogP contribution in [-0.4, -0.2) is 53.2 Å². The van der Waals surface area contributed by atoms with E-state index in [-0.39, 0.29) is 11.8 Å². The molecule has 0 aliphatic carbocycles. The Morgan fingerprint density at radius 1 is 1.14 bits per heavy atom. The number of hydrogen-bond donors (Lipinski definition) is 2. The molecule has 1 aromatic rings. The lowest BCUT2D eigenvalue weighted by molar-refractivity contribution is -0.146. The molecule has 1 fully saturated rings. The second-order valence-electron chi connectivity index (χ2n) is 7.75. The molecule has 1 aliphatic heterocycles. The molecule has 9 heteroatoms. The van der Waals surface area contributed by atoms with Crippen LogP contribution in [0.1, 0.15) is 44.5 Å². The number of nitrogens with zero attached hydrogens (tertiary/aromatic N) is 1. The number of benzene rings is 1. The van der Waals surface area contributed by atoms with Crippen molar-refractivity contribution in [1.82, 2.24) is 10.2 Å². The molecule has 2 N–H and O–H groups in total. The third-order valence-electron chi connectivity index (χ3n) is 4.18. The molecule has 0 saturated carbocycles. The van der Waals surface area contributed by atoms with Crippen LogP contribution in [0.15, 0.2) is 24.3 Å². The lowest BCUT2D eigenvalue weighted by Gasteiger charge is -2.15. The second-order valence-corrected chi connectivity index (χ2v) is 7.75. The smallest absolute Gasteiger partial charge is 0.326 e. The summed E-state index contributed by atoms with van der Waals surface area (Å²) in [4.78, 5) is 60.4. The molecule has 9 nitrogen and oxygen atoms in total. The van der Waals surface area contributed by atoms with Gasteiger partial charge < -0.3 is 15.4 Å². The fourth-order valence-corrected chi connectivity index (χ4v) is 2.69. The summed E-state index contributed by atoms with van der Waals surface area (Å²) in [6.07, 6.45) is 0.394. The number of amides is 4. The normalized spacial score (nSPS) is 15.3. The first-order valence-electron chi connectivity index (χ1n) is 9.22. The molecule has 1 heterocycles. The maximum absolute atomic E-state index is 12.2. The SMILES string of the molecule is CC(C)CC(=O)Nc1ccc(C(=O)COC(=O)CN2C(=O)NC(C)(C)C2=O)cc1. The van der Waals surface area contributed by atoms with Crippen LogP contribution in [0.4, 0.5) is 10.5 Å². The van der Waals surface area contributed by atoms with Gasteiger partial charge in [0.05, 0.1) is 0 Å². The van der Waals surface area contributed by atoms with E-state index in [1.54, 1.807) is 12.1 Å². The number of ketones is 1. The molecular formula is C20H25N3O6. The summed E-state index contributed by atoms with van der Waals surface area (Å²) in [6.45, 7) is 5.84. The zero-order chi connectivity index (χ0) is 21.8. The zero-order valence-corrected chi connectivity index (χ0v) is 16.9. The number of carbonyl (C=O) groups excluding carboxylic acids is 5. The molecule has 29 heavy (non-hydrogen) atoms. The third kappa shape index (κ3) is 5.87. The van der Waals surface area contributed by atoms with Crippen LogP contribution >= 0.6 is 0 Å². The van der Waals surface area contributed by atoms with Gasteiger partial charge in [-0.2, -0.15) is 0 Å². The predicted octanol–water partition coefficient (Wildman–Crippen LogP) is 1.73. The van der Waals surface area contributed by atoms with Crippen molar-refractivity contribution in [1.29, 1.82) is 0 Å². The Morgan fingerprint density at radius 2 is 1.76 bits per heavy atom. The topological polar surface area (TPSA) is 122 Å². The summed E-state index contributed by atoms with van der Waals surface area (Å²) in [5.74, 6) is -1.73. The summed E-state index contributed by atoms with van der Waals surface area (Å²) in [5.41, 5.74) is -0.222. The first kappa shape index (κ1) is 22.1. The number of imide groups is 1. The van der Waals surface area contributed by atoms with Gasteiger partial charge in [0.25, 0.3) is 5.91 Å². The number of rotatable bonds is 8. The van der Waals surface area contributed by atoms with Crippen LogP contribution in [0.5, 0.6) is 0 Å². The van der Waals surface area contributed by atoms with Gasteiger partial charge in [-0.25, -0.2) is 4.79 Å². The van der Waals surface area contributed by atoms with Gasteiger partial charge in [-0.3, -0.25) is 24.1 Å². The summed E-state index contributed by atoms with van der Waals surface area (Å²) >= 11 is 0. The average Bonchev–Trinajstić information content (AvgIpc) is 2.81. The number of urea groups is 1. The van der Waals surface area contributed by atoms with Crippen LogP contribution in [0, 0.1) is 5.92 Å². The monoisotopic (exact) mass is 403 g/mol. The Bertz CT molecular complexity index is 829. The Kier molecular flexibility index (Phi) is 6.73.